The van der Waals surface area contributed by atoms with E-state index in [0.29, 0.717) is 12.3 Å². The Bertz CT molecular complexity index is 938. The molecule has 0 fully saturated rings. The third-order valence-electron chi connectivity index (χ3n) is 3.89. The Balaban J connectivity index is 1.75. The Labute approximate surface area is 137 Å². The van der Waals surface area contributed by atoms with E-state index in [1.54, 1.807) is 11.3 Å². The number of benzene rings is 1. The van der Waals surface area contributed by atoms with Crippen LogP contribution in [-0.2, 0) is 4.79 Å². The molecule has 116 valence electrons. The fourth-order valence-corrected chi connectivity index (χ4v) is 3.53. The number of hydrazone groups is 1. The Morgan fingerprint density at radius 3 is 2.91 bits per heavy atom. The molecule has 23 heavy (non-hydrogen) atoms. The number of thiophene rings is 1. The highest BCUT2D eigenvalue weighted by Gasteiger charge is 2.22. The van der Waals surface area contributed by atoms with Gasteiger partial charge in [-0.1, -0.05) is 13.0 Å². The number of oxazole rings is 1. The van der Waals surface area contributed by atoms with Gasteiger partial charge < -0.3 is 4.42 Å². The molecular weight excluding hydrogens is 310 g/mol. The molecule has 0 saturated heterocycles. The molecule has 2 aromatic heterocycles. The number of aryl methyl sites for hydroxylation is 1. The van der Waals surface area contributed by atoms with Crippen molar-refractivity contribution in [2.75, 3.05) is 0 Å². The van der Waals surface area contributed by atoms with Gasteiger partial charge in [0, 0.05) is 22.8 Å². The Morgan fingerprint density at radius 2 is 2.17 bits per heavy atom. The predicted octanol–water partition coefficient (Wildman–Crippen LogP) is 3.72. The second kappa shape index (κ2) is 5.31. The number of nitrogens with one attached hydrogen (secondary N) is 1. The number of amides is 1. The minimum absolute atomic E-state index is 0.0441. The van der Waals surface area contributed by atoms with Crippen LogP contribution in [0.25, 0.3) is 21.9 Å². The number of hydrogen-bond donors (Lipinski definition) is 1. The summed E-state index contributed by atoms with van der Waals surface area (Å²) in [5.74, 6) is 0.683. The first-order valence-electron chi connectivity index (χ1n) is 7.44. The maximum Gasteiger partial charge on any atom is 0.240 e. The molecular formula is C17H15N3O2S. The Kier molecular flexibility index (Phi) is 3.27. The van der Waals surface area contributed by atoms with Crippen molar-refractivity contribution in [1.29, 1.82) is 0 Å². The summed E-state index contributed by atoms with van der Waals surface area (Å²) >= 11 is 1.66. The fraction of sp³-hybridized carbons (Fsp3) is 0.235. The van der Waals surface area contributed by atoms with Gasteiger partial charge in [0.05, 0.1) is 10.6 Å². The van der Waals surface area contributed by atoms with E-state index < -0.39 is 0 Å². The molecule has 1 aromatic carbocycles. The van der Waals surface area contributed by atoms with Gasteiger partial charge >= 0.3 is 0 Å². The highest BCUT2D eigenvalue weighted by molar-refractivity contribution is 7.15. The molecule has 1 aliphatic heterocycles. The number of rotatable bonds is 2. The molecule has 1 atom stereocenters. The zero-order valence-electron chi connectivity index (χ0n) is 12.8. The molecule has 3 aromatic rings. The maximum atomic E-state index is 11.4. The van der Waals surface area contributed by atoms with Crippen LogP contribution in [0, 0.1) is 12.8 Å². The van der Waals surface area contributed by atoms with Gasteiger partial charge in [-0.3, -0.25) is 4.79 Å². The van der Waals surface area contributed by atoms with Crippen molar-refractivity contribution in [1.82, 2.24) is 10.4 Å². The van der Waals surface area contributed by atoms with E-state index in [2.05, 4.69) is 28.5 Å². The van der Waals surface area contributed by atoms with E-state index in [4.69, 9.17) is 4.42 Å². The average Bonchev–Trinajstić information content (AvgIpc) is 3.12. The molecule has 5 nitrogen and oxygen atoms in total. The van der Waals surface area contributed by atoms with E-state index in [-0.39, 0.29) is 11.8 Å². The van der Waals surface area contributed by atoms with Crippen LogP contribution < -0.4 is 5.43 Å². The van der Waals surface area contributed by atoms with Gasteiger partial charge in [0.25, 0.3) is 0 Å². The maximum absolute atomic E-state index is 11.4. The van der Waals surface area contributed by atoms with Gasteiger partial charge in [0.2, 0.25) is 11.8 Å². The van der Waals surface area contributed by atoms with Gasteiger partial charge in [-0.05, 0) is 31.2 Å². The summed E-state index contributed by atoms with van der Waals surface area (Å²) < 4.78 is 5.91. The molecule has 6 heteroatoms. The third-order valence-corrected chi connectivity index (χ3v) is 4.88. The second-order valence-corrected chi connectivity index (χ2v) is 7.04. The van der Waals surface area contributed by atoms with E-state index in [1.807, 2.05) is 31.2 Å². The van der Waals surface area contributed by atoms with Crippen molar-refractivity contribution in [2.45, 2.75) is 20.3 Å². The molecule has 0 bridgehead atoms. The lowest BCUT2D eigenvalue weighted by molar-refractivity contribution is -0.121. The summed E-state index contributed by atoms with van der Waals surface area (Å²) in [5.41, 5.74) is 5.93. The molecule has 0 spiro atoms. The van der Waals surface area contributed by atoms with E-state index >= 15 is 0 Å². The number of fused-ring (bicyclic) bond motifs is 1. The average molecular weight is 325 g/mol. The highest BCUT2D eigenvalue weighted by Crippen LogP contribution is 2.30. The molecule has 0 saturated carbocycles. The zero-order valence-corrected chi connectivity index (χ0v) is 13.6. The molecule has 3 heterocycles. The van der Waals surface area contributed by atoms with Crippen LogP contribution in [-0.4, -0.2) is 16.6 Å². The quantitative estimate of drug-likeness (QED) is 0.780. The number of aromatic nitrogens is 1. The van der Waals surface area contributed by atoms with Crippen LogP contribution in [0.5, 0.6) is 0 Å². The van der Waals surface area contributed by atoms with Gasteiger partial charge in [0.15, 0.2) is 5.58 Å². The SMILES string of the molecule is Cc1ccc(-c2nc3ccc(C4=NNC(=O)CC4C)cc3o2)s1. The lowest BCUT2D eigenvalue weighted by Gasteiger charge is -2.18. The minimum atomic E-state index is -0.0441. The zero-order chi connectivity index (χ0) is 16.0. The molecule has 1 unspecified atom stereocenters. The predicted molar refractivity (Wildman–Crippen MR) is 90.5 cm³/mol. The van der Waals surface area contributed by atoms with Crippen LogP contribution in [0.3, 0.4) is 0 Å². The number of nitrogens with zero attached hydrogens (tertiary/aromatic N) is 2. The van der Waals surface area contributed by atoms with Crippen molar-refractivity contribution < 1.29 is 9.21 Å². The molecule has 0 radical (unpaired) electrons. The third kappa shape index (κ3) is 2.55. The van der Waals surface area contributed by atoms with Gasteiger partial charge in [-0.2, -0.15) is 5.10 Å². The van der Waals surface area contributed by atoms with Crippen LogP contribution in [0.2, 0.25) is 0 Å². The molecule has 1 amide bonds. The highest BCUT2D eigenvalue weighted by atomic mass is 32.1. The molecule has 0 aliphatic carbocycles. The summed E-state index contributed by atoms with van der Waals surface area (Å²) in [5, 5.41) is 4.19. The summed E-state index contributed by atoms with van der Waals surface area (Å²) in [6, 6.07) is 9.93. The summed E-state index contributed by atoms with van der Waals surface area (Å²) in [7, 11) is 0. The summed E-state index contributed by atoms with van der Waals surface area (Å²) in [4.78, 5) is 18.2. The lowest BCUT2D eigenvalue weighted by atomic mass is 9.94. The van der Waals surface area contributed by atoms with Crippen molar-refractivity contribution in [3.8, 4) is 10.8 Å². The number of hydrogen-bond acceptors (Lipinski definition) is 5. The molecule has 1 aliphatic rings. The second-order valence-electron chi connectivity index (χ2n) is 5.75. The van der Waals surface area contributed by atoms with E-state index in [9.17, 15) is 4.79 Å². The topological polar surface area (TPSA) is 67.5 Å². The fourth-order valence-electron chi connectivity index (χ4n) is 2.74. The Morgan fingerprint density at radius 1 is 1.30 bits per heavy atom. The van der Waals surface area contributed by atoms with Crippen molar-refractivity contribution in [2.24, 2.45) is 11.0 Å². The first kappa shape index (κ1) is 14.1. The van der Waals surface area contributed by atoms with Crippen LogP contribution in [0.1, 0.15) is 23.8 Å². The van der Waals surface area contributed by atoms with E-state index in [0.717, 1.165) is 27.3 Å². The van der Waals surface area contributed by atoms with Crippen LogP contribution in [0.4, 0.5) is 0 Å². The van der Waals surface area contributed by atoms with Crippen LogP contribution in [0.15, 0.2) is 39.9 Å². The van der Waals surface area contributed by atoms with Crippen molar-refractivity contribution >= 4 is 34.1 Å². The van der Waals surface area contributed by atoms with Crippen LogP contribution >= 0.6 is 11.3 Å². The summed E-state index contributed by atoms with van der Waals surface area (Å²) in [6.07, 6.45) is 0.451. The molecule has 1 N–H and O–H groups in total. The standard InChI is InChI=1S/C17H15N3O2S/c1-9-7-15(21)19-20-16(9)11-4-5-12-13(8-11)22-17(18-12)14-6-3-10(2)23-14/h3-6,8-9H,7H2,1-2H3,(H,19,21). The van der Waals surface area contributed by atoms with Crippen molar-refractivity contribution in [3.63, 3.8) is 0 Å². The number of carbonyl (C=O) groups excluding carboxylic acids is 1. The summed E-state index contributed by atoms with van der Waals surface area (Å²) in [6.45, 7) is 4.06. The minimum Gasteiger partial charge on any atom is -0.435 e. The first-order valence-corrected chi connectivity index (χ1v) is 8.26. The van der Waals surface area contributed by atoms with Crippen molar-refractivity contribution in [3.05, 3.63) is 40.8 Å². The first-order chi connectivity index (χ1) is 11.1. The monoisotopic (exact) mass is 325 g/mol. The largest absolute Gasteiger partial charge is 0.435 e. The normalized spacial score (nSPS) is 18.1. The van der Waals surface area contributed by atoms with Gasteiger partial charge in [0.1, 0.15) is 5.52 Å². The number of carbonyl (C=O) groups is 1. The Hall–Kier alpha value is -2.47. The lowest BCUT2D eigenvalue weighted by Crippen LogP contribution is -2.31. The van der Waals surface area contributed by atoms with E-state index in [1.165, 1.54) is 4.88 Å². The van der Waals surface area contributed by atoms with Gasteiger partial charge in [-0.25, -0.2) is 10.4 Å². The van der Waals surface area contributed by atoms with Gasteiger partial charge in [-0.15, -0.1) is 11.3 Å². The smallest absolute Gasteiger partial charge is 0.240 e. The molecule has 4 rings (SSSR count).